The van der Waals surface area contributed by atoms with Crippen LogP contribution < -0.4 is 4.90 Å². The minimum absolute atomic E-state index is 0.283. The van der Waals surface area contributed by atoms with Crippen molar-refractivity contribution in [3.05, 3.63) is 35.4 Å². The Morgan fingerprint density at radius 1 is 1.14 bits per heavy atom. The fourth-order valence-corrected chi connectivity index (χ4v) is 4.66. The minimum atomic E-state index is -4.50. The monoisotopic (exact) mass is 406 g/mol. The van der Waals surface area contributed by atoms with Crippen LogP contribution in [0.2, 0.25) is 0 Å². The number of benzene rings is 1. The molecule has 1 aromatic carbocycles. The molecule has 0 unspecified atom stereocenters. The van der Waals surface area contributed by atoms with Crippen molar-refractivity contribution < 1.29 is 18.3 Å². The van der Waals surface area contributed by atoms with E-state index in [1.165, 1.54) is 13.3 Å². The van der Waals surface area contributed by atoms with Crippen LogP contribution in [0.1, 0.15) is 30.9 Å². The van der Waals surface area contributed by atoms with Gasteiger partial charge in [-0.25, -0.2) is 0 Å². The molecule has 2 aliphatic rings. The molecule has 8 heteroatoms. The Labute approximate surface area is 168 Å². The lowest BCUT2D eigenvalue weighted by molar-refractivity contribution is -0.137. The van der Waals surface area contributed by atoms with E-state index in [1.54, 1.807) is 6.07 Å². The van der Waals surface area contributed by atoms with Crippen molar-refractivity contribution in [3.8, 4) is 17.0 Å². The molecule has 2 fully saturated rings. The van der Waals surface area contributed by atoms with Crippen LogP contribution in [0.4, 0.5) is 19.0 Å². The number of rotatable bonds is 3. The van der Waals surface area contributed by atoms with Crippen molar-refractivity contribution in [3.63, 3.8) is 0 Å². The summed E-state index contributed by atoms with van der Waals surface area (Å²) in [5, 5.41) is 18.8. The predicted molar refractivity (Wildman–Crippen MR) is 105 cm³/mol. The molecular formula is C21H25F3N4O. The molecule has 29 heavy (non-hydrogen) atoms. The summed E-state index contributed by atoms with van der Waals surface area (Å²) in [6.45, 7) is 7.84. The van der Waals surface area contributed by atoms with Crippen molar-refractivity contribution >= 4 is 5.82 Å². The highest BCUT2D eigenvalue weighted by Gasteiger charge is 2.38. The number of halogens is 3. The van der Waals surface area contributed by atoms with Gasteiger partial charge in [-0.1, -0.05) is 6.92 Å². The van der Waals surface area contributed by atoms with Gasteiger partial charge in [0.2, 0.25) is 0 Å². The van der Waals surface area contributed by atoms with E-state index in [0.717, 1.165) is 50.6 Å². The highest BCUT2D eigenvalue weighted by atomic mass is 19.4. The molecule has 3 heterocycles. The number of likely N-dealkylation sites (N-methyl/N-ethyl adjacent to an activating group) is 1. The first-order chi connectivity index (χ1) is 13.8. The van der Waals surface area contributed by atoms with E-state index < -0.39 is 17.5 Å². The average molecular weight is 406 g/mol. The molecule has 0 aliphatic carbocycles. The van der Waals surface area contributed by atoms with Gasteiger partial charge >= 0.3 is 6.18 Å². The summed E-state index contributed by atoms with van der Waals surface area (Å²) in [5.74, 6) is 1.01. The zero-order valence-corrected chi connectivity index (χ0v) is 16.6. The summed E-state index contributed by atoms with van der Waals surface area (Å²) < 4.78 is 38.8. The molecule has 1 N–H and O–H groups in total. The molecule has 0 saturated carbocycles. The van der Waals surface area contributed by atoms with Crippen LogP contribution in [0, 0.1) is 12.8 Å². The predicted octanol–water partition coefficient (Wildman–Crippen LogP) is 4.10. The van der Waals surface area contributed by atoms with Crippen LogP contribution in [0.5, 0.6) is 5.75 Å². The molecule has 2 aromatic rings. The van der Waals surface area contributed by atoms with Gasteiger partial charge < -0.3 is 14.9 Å². The number of hydrogen-bond donors (Lipinski definition) is 1. The molecule has 0 bridgehead atoms. The first-order valence-corrected chi connectivity index (χ1v) is 10.0. The molecule has 2 atom stereocenters. The number of aryl methyl sites for hydroxylation is 1. The highest BCUT2D eigenvalue weighted by molar-refractivity contribution is 5.71. The van der Waals surface area contributed by atoms with E-state index in [1.807, 2.05) is 6.07 Å². The number of aromatic nitrogens is 2. The molecule has 2 saturated heterocycles. The van der Waals surface area contributed by atoms with Gasteiger partial charge in [-0.2, -0.15) is 13.2 Å². The second kappa shape index (κ2) is 7.48. The Balaban J connectivity index is 1.59. The molecule has 5 nitrogen and oxygen atoms in total. The Hall–Kier alpha value is -2.35. The zero-order chi connectivity index (χ0) is 20.8. The number of phenolic OH excluding ortho intramolecular Hbond substituents is 1. The Morgan fingerprint density at radius 3 is 2.52 bits per heavy atom. The maximum absolute atomic E-state index is 12.9. The van der Waals surface area contributed by atoms with Crippen LogP contribution >= 0.6 is 0 Å². The van der Waals surface area contributed by atoms with Gasteiger partial charge in [-0.15, -0.1) is 10.2 Å². The summed E-state index contributed by atoms with van der Waals surface area (Å²) in [4.78, 5) is 4.74. The number of piperidine rings is 1. The third kappa shape index (κ3) is 3.77. The fraction of sp³-hybridized carbons (Fsp3) is 0.524. The van der Waals surface area contributed by atoms with Gasteiger partial charge in [0, 0.05) is 24.7 Å². The van der Waals surface area contributed by atoms with Gasteiger partial charge in [0.25, 0.3) is 0 Å². The van der Waals surface area contributed by atoms with Gasteiger partial charge in [0.15, 0.2) is 5.82 Å². The van der Waals surface area contributed by atoms with Crippen molar-refractivity contribution in [2.75, 3.05) is 31.1 Å². The number of likely N-dealkylation sites (tertiary alicyclic amines) is 1. The third-order valence-corrected chi connectivity index (χ3v) is 6.24. The zero-order valence-electron chi connectivity index (χ0n) is 16.6. The topological polar surface area (TPSA) is 52.5 Å². The van der Waals surface area contributed by atoms with Crippen molar-refractivity contribution in [2.24, 2.45) is 5.92 Å². The van der Waals surface area contributed by atoms with Gasteiger partial charge in [-0.3, -0.25) is 0 Å². The van der Waals surface area contributed by atoms with Gasteiger partial charge in [0.05, 0.1) is 11.3 Å². The number of aromatic hydroxyl groups is 1. The first-order valence-electron chi connectivity index (χ1n) is 10.0. The number of hydrogen-bond acceptors (Lipinski definition) is 5. The number of anilines is 1. The lowest BCUT2D eigenvalue weighted by atomic mass is 9.92. The molecule has 156 valence electrons. The van der Waals surface area contributed by atoms with Crippen molar-refractivity contribution in [1.82, 2.24) is 15.1 Å². The van der Waals surface area contributed by atoms with Crippen molar-refractivity contribution in [2.45, 2.75) is 38.9 Å². The van der Waals surface area contributed by atoms with E-state index >= 15 is 0 Å². The SMILES string of the molecule is CCN1CC[C@@H]2CCN(c3ccc(-c4c(C)cc(C(F)(F)F)cc4O)nn3)[C@@H]2C1. The largest absolute Gasteiger partial charge is 0.507 e. The lowest BCUT2D eigenvalue weighted by Crippen LogP contribution is -2.48. The molecule has 0 spiro atoms. The van der Waals surface area contributed by atoms with E-state index in [0.29, 0.717) is 23.2 Å². The van der Waals surface area contributed by atoms with Crippen LogP contribution in [0.3, 0.4) is 0 Å². The lowest BCUT2D eigenvalue weighted by Gasteiger charge is -2.38. The maximum Gasteiger partial charge on any atom is 0.416 e. The van der Waals surface area contributed by atoms with Gasteiger partial charge in [0.1, 0.15) is 5.75 Å². The maximum atomic E-state index is 12.9. The van der Waals surface area contributed by atoms with E-state index in [4.69, 9.17) is 0 Å². The standard InChI is InChI=1S/C21H25F3N4O/c1-3-27-8-6-14-7-9-28(17(14)12-27)19-5-4-16(25-26-19)20-13(2)10-15(11-18(20)29)21(22,23)24/h4-5,10-11,14,17,29H,3,6-9,12H2,1-2H3/t14-,17-/m1/s1. The molecule has 2 aliphatic heterocycles. The summed E-state index contributed by atoms with van der Waals surface area (Å²) in [5.41, 5.74) is 0.0893. The van der Waals surface area contributed by atoms with Crippen LogP contribution in [0.15, 0.2) is 24.3 Å². The molecule has 0 amide bonds. The Kier molecular flexibility index (Phi) is 5.14. The second-order valence-corrected chi connectivity index (χ2v) is 7.95. The second-order valence-electron chi connectivity index (χ2n) is 7.95. The molecular weight excluding hydrogens is 381 g/mol. The summed E-state index contributed by atoms with van der Waals surface area (Å²) in [6, 6.07) is 5.77. The summed E-state index contributed by atoms with van der Waals surface area (Å²) in [7, 11) is 0. The Morgan fingerprint density at radius 2 is 1.90 bits per heavy atom. The average Bonchev–Trinajstić information content (AvgIpc) is 3.10. The molecule has 4 rings (SSSR count). The quantitative estimate of drug-likeness (QED) is 0.832. The van der Waals surface area contributed by atoms with Gasteiger partial charge in [-0.05, 0) is 68.6 Å². The summed E-state index contributed by atoms with van der Waals surface area (Å²) >= 11 is 0. The van der Waals surface area contributed by atoms with E-state index in [2.05, 4.69) is 26.9 Å². The Bertz CT molecular complexity index is 861. The van der Waals surface area contributed by atoms with E-state index in [-0.39, 0.29) is 5.56 Å². The highest BCUT2D eigenvalue weighted by Crippen LogP contribution is 2.39. The van der Waals surface area contributed by atoms with Crippen LogP contribution in [-0.2, 0) is 6.18 Å². The normalized spacial score (nSPS) is 22.7. The third-order valence-electron chi connectivity index (χ3n) is 6.24. The number of nitrogens with zero attached hydrogens (tertiary/aromatic N) is 4. The summed E-state index contributed by atoms with van der Waals surface area (Å²) in [6.07, 6.45) is -2.17. The smallest absolute Gasteiger partial charge is 0.416 e. The first kappa shape index (κ1) is 19.9. The number of phenols is 1. The minimum Gasteiger partial charge on any atom is -0.507 e. The van der Waals surface area contributed by atoms with Crippen molar-refractivity contribution in [1.29, 1.82) is 0 Å². The molecule has 1 aromatic heterocycles. The fourth-order valence-electron chi connectivity index (χ4n) is 4.66. The van der Waals surface area contributed by atoms with Crippen LogP contribution in [-0.4, -0.2) is 52.4 Å². The number of fused-ring (bicyclic) bond motifs is 1. The van der Waals surface area contributed by atoms with Crippen LogP contribution in [0.25, 0.3) is 11.3 Å². The van der Waals surface area contributed by atoms with E-state index in [9.17, 15) is 18.3 Å². The molecule has 0 radical (unpaired) electrons. The number of alkyl halides is 3.